The molecule has 92 valence electrons. The maximum Gasteiger partial charge on any atom is 0.274 e. The van der Waals surface area contributed by atoms with Crippen LogP contribution in [-0.2, 0) is 0 Å². The molecule has 0 unspecified atom stereocenters. The highest BCUT2D eigenvalue weighted by Gasteiger charge is 2.09. The summed E-state index contributed by atoms with van der Waals surface area (Å²) >= 11 is 5.71. The Labute approximate surface area is 110 Å². The molecule has 5 heteroatoms. The van der Waals surface area contributed by atoms with E-state index in [1.807, 2.05) is 6.92 Å². The molecule has 0 radical (unpaired) electrons. The van der Waals surface area contributed by atoms with Gasteiger partial charge in [0.2, 0.25) is 0 Å². The second-order valence-corrected chi connectivity index (χ2v) is 4.27. The molecule has 18 heavy (non-hydrogen) atoms. The van der Waals surface area contributed by atoms with Gasteiger partial charge >= 0.3 is 0 Å². The number of pyridine rings is 1. The quantitative estimate of drug-likeness (QED) is 0.817. The summed E-state index contributed by atoms with van der Waals surface area (Å²) in [5, 5.41) is 3.25. The minimum absolute atomic E-state index is 0.291. The lowest BCUT2D eigenvalue weighted by atomic mass is 10.1. The molecule has 2 aromatic rings. The second-order valence-electron chi connectivity index (χ2n) is 3.84. The van der Waals surface area contributed by atoms with E-state index >= 15 is 0 Å². The topological polar surface area (TPSA) is 68.0 Å². The molecule has 4 nitrogen and oxygen atoms in total. The number of hydrogen-bond acceptors (Lipinski definition) is 3. The van der Waals surface area contributed by atoms with Crippen LogP contribution in [0.3, 0.4) is 0 Å². The maximum atomic E-state index is 11.9. The summed E-state index contributed by atoms with van der Waals surface area (Å²) in [6, 6.07) is 8.55. The minimum Gasteiger partial charge on any atom is -0.398 e. The molecule has 0 aliphatic carbocycles. The number of nitrogens with zero attached hydrogens (tertiary/aromatic N) is 1. The van der Waals surface area contributed by atoms with Crippen LogP contribution in [0.15, 0.2) is 36.5 Å². The molecule has 0 saturated heterocycles. The monoisotopic (exact) mass is 261 g/mol. The molecule has 1 amide bonds. The number of rotatable bonds is 2. The fourth-order valence-corrected chi connectivity index (χ4v) is 1.60. The standard InChI is InChI=1S/C13H12ClN3O/c1-8-10(15)3-2-4-11(8)17-13(18)12-6-5-9(14)7-16-12/h2-7H,15H2,1H3,(H,17,18). The van der Waals surface area contributed by atoms with E-state index in [0.717, 1.165) is 5.56 Å². The molecule has 0 saturated carbocycles. The predicted octanol–water partition coefficient (Wildman–Crippen LogP) is 2.88. The normalized spacial score (nSPS) is 10.1. The Kier molecular flexibility index (Phi) is 3.48. The number of carbonyl (C=O) groups is 1. The van der Waals surface area contributed by atoms with E-state index in [9.17, 15) is 4.79 Å². The van der Waals surface area contributed by atoms with Crippen LogP contribution in [0.4, 0.5) is 11.4 Å². The first-order chi connectivity index (χ1) is 8.58. The summed E-state index contributed by atoms with van der Waals surface area (Å²) < 4.78 is 0. The average molecular weight is 262 g/mol. The lowest BCUT2D eigenvalue weighted by Gasteiger charge is -2.09. The summed E-state index contributed by atoms with van der Waals surface area (Å²) in [5.74, 6) is -0.291. The van der Waals surface area contributed by atoms with Crippen LogP contribution in [0.25, 0.3) is 0 Å². The van der Waals surface area contributed by atoms with Crippen molar-refractivity contribution in [1.82, 2.24) is 4.98 Å². The van der Waals surface area contributed by atoms with Gasteiger partial charge in [-0.1, -0.05) is 17.7 Å². The zero-order valence-electron chi connectivity index (χ0n) is 9.77. The molecular formula is C13H12ClN3O. The summed E-state index contributed by atoms with van der Waals surface area (Å²) in [6.45, 7) is 1.85. The van der Waals surface area contributed by atoms with Gasteiger partial charge in [0, 0.05) is 17.6 Å². The third-order valence-electron chi connectivity index (χ3n) is 2.58. The number of carbonyl (C=O) groups excluding carboxylic acids is 1. The first-order valence-corrected chi connectivity index (χ1v) is 5.73. The zero-order chi connectivity index (χ0) is 13.1. The van der Waals surface area contributed by atoms with Gasteiger partial charge in [-0.15, -0.1) is 0 Å². The van der Waals surface area contributed by atoms with Gasteiger partial charge in [-0.2, -0.15) is 0 Å². The highest BCUT2D eigenvalue weighted by molar-refractivity contribution is 6.30. The largest absolute Gasteiger partial charge is 0.398 e. The third-order valence-corrected chi connectivity index (χ3v) is 2.81. The number of halogens is 1. The van der Waals surface area contributed by atoms with Crippen molar-refractivity contribution >= 4 is 28.9 Å². The number of amides is 1. The van der Waals surface area contributed by atoms with Crippen LogP contribution in [0, 0.1) is 6.92 Å². The van der Waals surface area contributed by atoms with Gasteiger partial charge in [-0.3, -0.25) is 4.79 Å². The van der Waals surface area contributed by atoms with Crippen molar-refractivity contribution in [3.05, 3.63) is 52.8 Å². The molecule has 3 N–H and O–H groups in total. The van der Waals surface area contributed by atoms with Gasteiger partial charge < -0.3 is 11.1 Å². The highest BCUT2D eigenvalue weighted by Crippen LogP contribution is 2.21. The van der Waals surface area contributed by atoms with E-state index < -0.39 is 0 Å². The van der Waals surface area contributed by atoms with Gasteiger partial charge in [0.05, 0.1) is 5.02 Å². The Morgan fingerprint density at radius 2 is 2.11 bits per heavy atom. The maximum absolute atomic E-state index is 11.9. The van der Waals surface area contributed by atoms with E-state index in [1.165, 1.54) is 6.20 Å². The molecule has 0 aliphatic heterocycles. The molecule has 0 bridgehead atoms. The first-order valence-electron chi connectivity index (χ1n) is 5.36. The van der Waals surface area contributed by atoms with Gasteiger partial charge in [-0.05, 0) is 36.8 Å². The molecule has 0 fully saturated rings. The van der Waals surface area contributed by atoms with E-state index in [4.69, 9.17) is 17.3 Å². The Bertz CT molecular complexity index is 581. The smallest absolute Gasteiger partial charge is 0.274 e. The number of hydrogen-bond donors (Lipinski definition) is 2. The molecule has 0 spiro atoms. The summed E-state index contributed by atoms with van der Waals surface area (Å²) in [6.07, 6.45) is 1.43. The van der Waals surface area contributed by atoms with E-state index in [2.05, 4.69) is 10.3 Å². The van der Waals surface area contributed by atoms with Crippen molar-refractivity contribution < 1.29 is 4.79 Å². The first kappa shape index (κ1) is 12.4. The summed E-state index contributed by atoms with van der Waals surface area (Å²) in [5.41, 5.74) is 8.22. The van der Waals surface area contributed by atoms with Crippen molar-refractivity contribution in [3.63, 3.8) is 0 Å². The SMILES string of the molecule is Cc1c(N)cccc1NC(=O)c1ccc(Cl)cn1. The van der Waals surface area contributed by atoms with Crippen molar-refractivity contribution in [2.75, 3.05) is 11.1 Å². The number of benzene rings is 1. The number of nitrogen functional groups attached to an aromatic ring is 1. The molecule has 1 aromatic carbocycles. The van der Waals surface area contributed by atoms with Crippen molar-refractivity contribution in [3.8, 4) is 0 Å². The molecular weight excluding hydrogens is 250 g/mol. The Morgan fingerprint density at radius 3 is 2.78 bits per heavy atom. The average Bonchev–Trinajstić information content (AvgIpc) is 2.36. The van der Waals surface area contributed by atoms with Crippen LogP contribution in [0.5, 0.6) is 0 Å². The number of nitrogens with two attached hydrogens (primary N) is 1. The van der Waals surface area contributed by atoms with Crippen molar-refractivity contribution in [2.24, 2.45) is 0 Å². The van der Waals surface area contributed by atoms with Crippen LogP contribution in [0.1, 0.15) is 16.1 Å². The minimum atomic E-state index is -0.291. The molecule has 1 heterocycles. The molecule has 1 aromatic heterocycles. The summed E-state index contributed by atoms with van der Waals surface area (Å²) in [7, 11) is 0. The fraction of sp³-hybridized carbons (Fsp3) is 0.0769. The van der Waals surface area contributed by atoms with E-state index in [1.54, 1.807) is 30.3 Å². The van der Waals surface area contributed by atoms with Crippen LogP contribution in [-0.4, -0.2) is 10.9 Å². The lowest BCUT2D eigenvalue weighted by Crippen LogP contribution is -2.14. The number of aromatic nitrogens is 1. The Balaban J connectivity index is 2.21. The third kappa shape index (κ3) is 2.60. The van der Waals surface area contributed by atoms with Crippen LogP contribution >= 0.6 is 11.6 Å². The zero-order valence-corrected chi connectivity index (χ0v) is 10.5. The summed E-state index contributed by atoms with van der Waals surface area (Å²) in [4.78, 5) is 15.9. The highest BCUT2D eigenvalue weighted by atomic mass is 35.5. The van der Waals surface area contributed by atoms with Gasteiger partial charge in [-0.25, -0.2) is 4.98 Å². The lowest BCUT2D eigenvalue weighted by molar-refractivity contribution is 0.102. The second kappa shape index (κ2) is 5.06. The fourth-order valence-electron chi connectivity index (χ4n) is 1.49. The van der Waals surface area contributed by atoms with Gasteiger partial charge in [0.1, 0.15) is 5.69 Å². The van der Waals surface area contributed by atoms with Crippen molar-refractivity contribution in [1.29, 1.82) is 0 Å². The number of nitrogens with one attached hydrogen (secondary N) is 1. The van der Waals surface area contributed by atoms with Crippen LogP contribution < -0.4 is 11.1 Å². The van der Waals surface area contributed by atoms with Crippen molar-refractivity contribution in [2.45, 2.75) is 6.92 Å². The number of anilines is 2. The Hall–Kier alpha value is -2.07. The predicted molar refractivity (Wildman–Crippen MR) is 72.8 cm³/mol. The van der Waals surface area contributed by atoms with E-state index in [0.29, 0.717) is 22.1 Å². The Morgan fingerprint density at radius 1 is 1.33 bits per heavy atom. The molecule has 0 atom stereocenters. The molecule has 0 aliphatic rings. The molecule has 2 rings (SSSR count). The van der Waals surface area contributed by atoms with E-state index in [-0.39, 0.29) is 5.91 Å². The van der Waals surface area contributed by atoms with Crippen LogP contribution in [0.2, 0.25) is 5.02 Å². The van der Waals surface area contributed by atoms with Gasteiger partial charge in [0.25, 0.3) is 5.91 Å². The van der Waals surface area contributed by atoms with Gasteiger partial charge in [0.15, 0.2) is 0 Å².